The monoisotopic (exact) mass is 467 g/mol. The van der Waals surface area contributed by atoms with E-state index in [1.54, 1.807) is 47.7 Å². The van der Waals surface area contributed by atoms with E-state index in [-0.39, 0.29) is 18.5 Å². The van der Waals surface area contributed by atoms with Crippen LogP contribution in [0.4, 0.5) is 11.6 Å². The molecule has 1 amide bonds. The minimum absolute atomic E-state index is 0.0257. The minimum atomic E-state index is -0.538. The predicted octanol–water partition coefficient (Wildman–Crippen LogP) is 2.99. The van der Waals surface area contributed by atoms with E-state index in [2.05, 4.69) is 54.9 Å². The first kappa shape index (κ1) is 20.8. The van der Waals surface area contributed by atoms with Gasteiger partial charge < -0.3 is 15.1 Å². The van der Waals surface area contributed by atoms with Crippen LogP contribution < -0.4 is 16.4 Å². The number of amides is 1. The Labute approximate surface area is 199 Å². The van der Waals surface area contributed by atoms with Crippen LogP contribution in [0.15, 0.2) is 76.5 Å². The molecule has 3 heterocycles. The van der Waals surface area contributed by atoms with Gasteiger partial charge in [-0.1, -0.05) is 24.3 Å². The maximum Gasteiger partial charge on any atom is 0.417 e. The normalized spacial score (nSPS) is 13.1. The average molecular weight is 467 g/mol. The Kier molecular flexibility index (Phi) is 5.10. The molecule has 3 N–H and O–H groups in total. The molecule has 0 fully saturated rings. The Morgan fingerprint density at radius 1 is 1.06 bits per heavy atom. The summed E-state index contributed by atoms with van der Waals surface area (Å²) in [6.45, 7) is 0.0257. The number of nitrogens with one attached hydrogen (secondary N) is 3. The fourth-order valence-corrected chi connectivity index (χ4v) is 4.37. The van der Waals surface area contributed by atoms with Crippen LogP contribution in [-0.4, -0.2) is 36.7 Å². The first-order valence-corrected chi connectivity index (χ1v) is 11.2. The molecule has 6 rings (SSSR count). The first-order chi connectivity index (χ1) is 17.1. The molecule has 1 aliphatic rings. The maximum absolute atomic E-state index is 12.5. The zero-order valence-electron chi connectivity index (χ0n) is 18.6. The lowest BCUT2D eigenvalue weighted by Crippen LogP contribution is -2.20. The van der Waals surface area contributed by atoms with Crippen LogP contribution in [0.25, 0.3) is 22.2 Å². The van der Waals surface area contributed by atoms with Crippen molar-refractivity contribution in [2.45, 2.75) is 25.4 Å². The third-order valence-electron chi connectivity index (χ3n) is 6.01. The van der Waals surface area contributed by atoms with Crippen molar-refractivity contribution in [2.75, 3.05) is 10.6 Å². The number of oxazole rings is 1. The Morgan fingerprint density at radius 3 is 2.60 bits per heavy atom. The predicted molar refractivity (Wildman–Crippen MR) is 130 cm³/mol. The van der Waals surface area contributed by atoms with Crippen molar-refractivity contribution in [3.63, 3.8) is 0 Å². The topological polar surface area (TPSA) is 131 Å². The molecule has 174 valence electrons. The van der Waals surface area contributed by atoms with Gasteiger partial charge in [0.2, 0.25) is 11.9 Å². The van der Waals surface area contributed by atoms with E-state index < -0.39 is 5.76 Å². The molecule has 5 aromatic rings. The number of aromatic amines is 1. The van der Waals surface area contributed by atoms with Crippen molar-refractivity contribution in [2.24, 2.45) is 0 Å². The van der Waals surface area contributed by atoms with Crippen molar-refractivity contribution in [1.29, 1.82) is 0 Å². The first-order valence-electron chi connectivity index (χ1n) is 11.2. The Hall–Kier alpha value is -4.73. The van der Waals surface area contributed by atoms with E-state index in [1.165, 1.54) is 11.1 Å². The molecule has 0 bridgehead atoms. The van der Waals surface area contributed by atoms with Crippen LogP contribution in [0.1, 0.15) is 11.1 Å². The van der Waals surface area contributed by atoms with Gasteiger partial charge in [-0.25, -0.2) is 14.8 Å². The van der Waals surface area contributed by atoms with Crippen molar-refractivity contribution in [3.8, 4) is 11.1 Å². The lowest BCUT2D eigenvalue weighted by molar-refractivity contribution is -0.116. The van der Waals surface area contributed by atoms with Gasteiger partial charge in [-0.15, -0.1) is 0 Å². The number of rotatable bonds is 6. The van der Waals surface area contributed by atoms with Crippen molar-refractivity contribution in [1.82, 2.24) is 24.7 Å². The zero-order chi connectivity index (χ0) is 23.8. The van der Waals surface area contributed by atoms with Crippen LogP contribution in [0.2, 0.25) is 0 Å². The van der Waals surface area contributed by atoms with E-state index in [0.29, 0.717) is 22.7 Å². The van der Waals surface area contributed by atoms with Gasteiger partial charge in [0, 0.05) is 47.5 Å². The standard InChI is InChI=1S/C25H21N7O3/c33-23(29-19-5-6-21-22(9-19)35-25(34)31-21)14-32-13-18(12-28-32)17-10-26-24(27-11-17)30-20-7-15-3-1-2-4-16(15)8-20/h1-6,9-13,20H,7-8,14H2,(H,29,33)(H,31,34)(H,26,27,30). The van der Waals surface area contributed by atoms with Crippen LogP contribution in [0.5, 0.6) is 0 Å². The molecule has 3 aromatic heterocycles. The number of fused-ring (bicyclic) bond motifs is 2. The number of nitrogens with zero attached hydrogens (tertiary/aromatic N) is 4. The molecule has 2 aromatic carbocycles. The number of anilines is 2. The van der Waals surface area contributed by atoms with Crippen molar-refractivity contribution in [3.05, 3.63) is 88.9 Å². The minimum Gasteiger partial charge on any atom is -0.408 e. The average Bonchev–Trinajstić information content (AvgIpc) is 3.56. The van der Waals surface area contributed by atoms with Gasteiger partial charge in [0.15, 0.2) is 5.58 Å². The summed E-state index contributed by atoms with van der Waals surface area (Å²) >= 11 is 0. The lowest BCUT2D eigenvalue weighted by atomic mass is 10.1. The molecule has 10 heteroatoms. The van der Waals surface area contributed by atoms with E-state index in [1.807, 2.05) is 0 Å². The summed E-state index contributed by atoms with van der Waals surface area (Å²) in [7, 11) is 0. The Bertz CT molecular complexity index is 1560. The van der Waals surface area contributed by atoms with Gasteiger partial charge in [-0.05, 0) is 36.1 Å². The van der Waals surface area contributed by atoms with Gasteiger partial charge in [-0.3, -0.25) is 14.5 Å². The molecular weight excluding hydrogens is 446 g/mol. The quantitative estimate of drug-likeness (QED) is 0.350. The zero-order valence-corrected chi connectivity index (χ0v) is 18.6. The molecule has 1 aliphatic carbocycles. The van der Waals surface area contributed by atoms with Crippen molar-refractivity contribution >= 4 is 28.6 Å². The van der Waals surface area contributed by atoms with Gasteiger partial charge in [-0.2, -0.15) is 5.10 Å². The highest BCUT2D eigenvalue weighted by atomic mass is 16.4. The summed E-state index contributed by atoms with van der Waals surface area (Å²) in [6, 6.07) is 13.7. The summed E-state index contributed by atoms with van der Waals surface area (Å²) in [5.41, 5.74) is 5.84. The number of aromatic nitrogens is 5. The summed E-state index contributed by atoms with van der Waals surface area (Å²) in [5.74, 6) is -0.205. The van der Waals surface area contributed by atoms with Gasteiger partial charge in [0.1, 0.15) is 6.54 Å². The second-order valence-electron chi connectivity index (χ2n) is 8.51. The van der Waals surface area contributed by atoms with E-state index in [0.717, 1.165) is 24.0 Å². The second kappa shape index (κ2) is 8.56. The fraction of sp³-hybridized carbons (Fsp3) is 0.160. The van der Waals surface area contributed by atoms with E-state index in [4.69, 9.17) is 4.42 Å². The van der Waals surface area contributed by atoms with Gasteiger partial charge in [0.25, 0.3) is 0 Å². The molecule has 0 saturated carbocycles. The molecule has 0 saturated heterocycles. The lowest BCUT2D eigenvalue weighted by Gasteiger charge is -2.11. The number of benzene rings is 2. The second-order valence-corrected chi connectivity index (χ2v) is 8.51. The van der Waals surface area contributed by atoms with Crippen LogP contribution in [-0.2, 0) is 24.2 Å². The molecule has 0 atom stereocenters. The Balaban J connectivity index is 1.07. The van der Waals surface area contributed by atoms with E-state index >= 15 is 0 Å². The van der Waals surface area contributed by atoms with Crippen LogP contribution in [0.3, 0.4) is 0 Å². The number of H-pyrrole nitrogens is 1. The van der Waals surface area contributed by atoms with Crippen LogP contribution >= 0.6 is 0 Å². The van der Waals surface area contributed by atoms with Crippen molar-refractivity contribution < 1.29 is 9.21 Å². The van der Waals surface area contributed by atoms with Crippen LogP contribution in [0, 0.1) is 0 Å². The van der Waals surface area contributed by atoms with Gasteiger partial charge >= 0.3 is 5.76 Å². The number of hydrogen-bond donors (Lipinski definition) is 3. The third kappa shape index (κ3) is 4.41. The smallest absolute Gasteiger partial charge is 0.408 e. The molecular formula is C25H21N7O3. The Morgan fingerprint density at radius 2 is 1.83 bits per heavy atom. The highest BCUT2D eigenvalue weighted by molar-refractivity contribution is 5.92. The number of carbonyl (C=O) groups excluding carboxylic acids is 1. The highest BCUT2D eigenvalue weighted by Crippen LogP contribution is 2.24. The third-order valence-corrected chi connectivity index (χ3v) is 6.01. The van der Waals surface area contributed by atoms with E-state index in [9.17, 15) is 9.59 Å². The maximum atomic E-state index is 12.5. The SMILES string of the molecule is O=C(Cn1cc(-c2cnc(NC3Cc4ccccc4C3)nc2)cn1)Nc1ccc2[nH]c(=O)oc2c1. The summed E-state index contributed by atoms with van der Waals surface area (Å²) in [5, 5.41) is 10.5. The summed E-state index contributed by atoms with van der Waals surface area (Å²) in [4.78, 5) is 35.2. The highest BCUT2D eigenvalue weighted by Gasteiger charge is 2.21. The molecule has 0 aliphatic heterocycles. The number of hydrogen-bond acceptors (Lipinski definition) is 7. The largest absolute Gasteiger partial charge is 0.417 e. The molecule has 10 nitrogen and oxygen atoms in total. The molecule has 0 unspecified atom stereocenters. The molecule has 0 radical (unpaired) electrons. The van der Waals surface area contributed by atoms with Gasteiger partial charge in [0.05, 0.1) is 11.7 Å². The number of carbonyl (C=O) groups is 1. The molecule has 35 heavy (non-hydrogen) atoms. The summed E-state index contributed by atoms with van der Waals surface area (Å²) < 4.78 is 6.57. The fourth-order valence-electron chi connectivity index (χ4n) is 4.37. The molecule has 0 spiro atoms. The summed E-state index contributed by atoms with van der Waals surface area (Å²) in [6.07, 6.45) is 8.87.